The van der Waals surface area contributed by atoms with Crippen LogP contribution in [0.25, 0.3) is 0 Å². The van der Waals surface area contributed by atoms with Gasteiger partial charge in [0.1, 0.15) is 0 Å². The molecule has 0 aromatic heterocycles. The molecule has 6 heteroatoms. The summed E-state index contributed by atoms with van der Waals surface area (Å²) in [5, 5.41) is 11.1. The van der Waals surface area contributed by atoms with Crippen LogP contribution in [0.4, 0.5) is 5.69 Å². The molecule has 0 atom stereocenters. The molecule has 0 N–H and O–H groups in total. The van der Waals surface area contributed by atoms with Gasteiger partial charge in [0.05, 0.1) is 16.6 Å². The van der Waals surface area contributed by atoms with E-state index in [9.17, 15) is 10.1 Å². The molecule has 4 nitrogen and oxygen atoms in total. The summed E-state index contributed by atoms with van der Waals surface area (Å²) in [7, 11) is 0. The molecule has 0 fully saturated rings. The van der Waals surface area contributed by atoms with Crippen LogP contribution in [0.15, 0.2) is 18.2 Å². The third kappa shape index (κ3) is 3.78. The molecule has 1 aromatic carbocycles. The van der Waals surface area contributed by atoms with Gasteiger partial charge in [-0.2, -0.15) is 12.6 Å². The lowest BCUT2D eigenvalue weighted by molar-refractivity contribution is -0.385. The first-order valence-corrected chi connectivity index (χ1v) is 6.05. The van der Waals surface area contributed by atoms with Crippen LogP contribution in [0.3, 0.4) is 0 Å². The highest BCUT2D eigenvalue weighted by atomic mass is 35.5. The maximum Gasteiger partial charge on any atom is 0.312 e. The minimum Gasteiger partial charge on any atom is -0.485 e. The zero-order valence-corrected chi connectivity index (χ0v) is 11.3. The number of hydrogen-bond donors (Lipinski definition) is 1. The Bertz CT molecular complexity index is 423. The summed E-state index contributed by atoms with van der Waals surface area (Å²) in [5.41, 5.74) is -0.289. The fourth-order valence-electron chi connectivity index (χ4n) is 1.10. The van der Waals surface area contributed by atoms with Crippen molar-refractivity contribution in [2.45, 2.75) is 13.8 Å². The number of rotatable bonds is 5. The second-order valence-electron chi connectivity index (χ2n) is 4.46. The van der Waals surface area contributed by atoms with E-state index >= 15 is 0 Å². The minimum atomic E-state index is -0.505. The van der Waals surface area contributed by atoms with Crippen LogP contribution in [-0.4, -0.2) is 17.3 Å². The average Bonchev–Trinajstić information content (AvgIpc) is 2.27. The van der Waals surface area contributed by atoms with E-state index in [-0.39, 0.29) is 21.9 Å². The summed E-state index contributed by atoms with van der Waals surface area (Å²) in [5.74, 6) is 0.736. The van der Waals surface area contributed by atoms with E-state index in [2.05, 4.69) is 12.6 Å². The molecule has 0 radical (unpaired) electrons. The number of para-hydroxylation sites is 1. The van der Waals surface area contributed by atoms with Crippen LogP contribution < -0.4 is 4.74 Å². The van der Waals surface area contributed by atoms with Crippen LogP contribution in [-0.2, 0) is 0 Å². The van der Waals surface area contributed by atoms with E-state index in [1.165, 1.54) is 12.1 Å². The number of halogens is 1. The van der Waals surface area contributed by atoms with Gasteiger partial charge in [-0.25, -0.2) is 0 Å². The maximum absolute atomic E-state index is 10.8. The summed E-state index contributed by atoms with van der Waals surface area (Å²) in [4.78, 5) is 10.3. The Kier molecular flexibility index (Phi) is 4.65. The molecule has 0 saturated carbocycles. The summed E-state index contributed by atoms with van der Waals surface area (Å²) < 4.78 is 5.46. The molecule has 0 unspecified atom stereocenters. The molecular formula is C11H14ClNO3S. The lowest BCUT2D eigenvalue weighted by atomic mass is 9.98. The first-order valence-electron chi connectivity index (χ1n) is 5.04. The van der Waals surface area contributed by atoms with Crippen LogP contribution in [0, 0.1) is 15.5 Å². The average molecular weight is 276 g/mol. The molecule has 0 spiro atoms. The number of nitro groups is 1. The molecule has 0 bridgehead atoms. The second-order valence-corrected chi connectivity index (χ2v) is 5.18. The number of hydrogen-bond acceptors (Lipinski definition) is 4. The van der Waals surface area contributed by atoms with Gasteiger partial charge in [0.25, 0.3) is 0 Å². The third-order valence-corrected chi connectivity index (χ3v) is 3.33. The summed E-state index contributed by atoms with van der Waals surface area (Å²) in [6.07, 6.45) is 0. The lowest BCUT2D eigenvalue weighted by Gasteiger charge is -2.22. The Morgan fingerprint density at radius 2 is 2.18 bits per heavy atom. The van der Waals surface area contributed by atoms with Crippen molar-refractivity contribution in [2.75, 3.05) is 12.4 Å². The molecular weight excluding hydrogens is 262 g/mol. The van der Waals surface area contributed by atoms with Crippen LogP contribution >= 0.6 is 24.2 Å². The number of benzene rings is 1. The van der Waals surface area contributed by atoms with Crippen molar-refractivity contribution in [3.8, 4) is 5.75 Å². The standard InChI is InChI=1S/C11H14ClNO3S/c1-11(2,7-17)6-16-10-8(12)4-3-5-9(10)13(14)15/h3-5,17H,6-7H2,1-2H3. The predicted octanol–water partition coefficient (Wildman–Crippen LogP) is 3.58. The van der Waals surface area contributed by atoms with Gasteiger partial charge in [0, 0.05) is 11.5 Å². The Hall–Kier alpha value is -0.940. The number of thiol groups is 1. The molecule has 0 saturated heterocycles. The Morgan fingerprint density at radius 3 is 2.71 bits per heavy atom. The van der Waals surface area contributed by atoms with Gasteiger partial charge in [-0.05, 0) is 11.8 Å². The van der Waals surface area contributed by atoms with Gasteiger partial charge < -0.3 is 4.74 Å². The van der Waals surface area contributed by atoms with E-state index in [0.29, 0.717) is 12.4 Å². The molecule has 1 aromatic rings. The van der Waals surface area contributed by atoms with Crippen LogP contribution in [0.5, 0.6) is 5.75 Å². The number of nitro benzene ring substituents is 1. The SMILES string of the molecule is CC(C)(CS)COc1c(Cl)cccc1[N+](=O)[O-]. The molecule has 0 aliphatic carbocycles. The normalized spacial score (nSPS) is 11.3. The molecule has 0 aliphatic heterocycles. The van der Waals surface area contributed by atoms with Crippen LogP contribution in [0.2, 0.25) is 5.02 Å². The Labute approximate surface area is 110 Å². The zero-order chi connectivity index (χ0) is 13.1. The lowest BCUT2D eigenvalue weighted by Crippen LogP contribution is -2.23. The zero-order valence-electron chi connectivity index (χ0n) is 9.64. The maximum atomic E-state index is 10.8. The predicted molar refractivity (Wildman–Crippen MR) is 71.2 cm³/mol. The quantitative estimate of drug-likeness (QED) is 0.508. The van der Waals surface area contributed by atoms with Gasteiger partial charge in [0.15, 0.2) is 0 Å². The molecule has 0 heterocycles. The number of ether oxygens (including phenoxy) is 1. The molecule has 0 aliphatic rings. The van der Waals surface area contributed by atoms with E-state index in [1.807, 2.05) is 13.8 Å². The van der Waals surface area contributed by atoms with Crippen molar-refractivity contribution >= 4 is 29.9 Å². The van der Waals surface area contributed by atoms with E-state index in [0.717, 1.165) is 0 Å². The molecule has 1 rings (SSSR count). The number of nitrogens with zero attached hydrogens (tertiary/aromatic N) is 1. The van der Waals surface area contributed by atoms with Gasteiger partial charge in [-0.15, -0.1) is 0 Å². The van der Waals surface area contributed by atoms with E-state index < -0.39 is 4.92 Å². The van der Waals surface area contributed by atoms with Crippen molar-refractivity contribution in [1.29, 1.82) is 0 Å². The Balaban J connectivity index is 2.94. The highest BCUT2D eigenvalue weighted by molar-refractivity contribution is 7.80. The molecule has 94 valence electrons. The first-order chi connectivity index (χ1) is 7.87. The minimum absolute atomic E-state index is 0.118. The highest BCUT2D eigenvalue weighted by Crippen LogP contribution is 2.35. The van der Waals surface area contributed by atoms with Crippen LogP contribution in [0.1, 0.15) is 13.8 Å². The molecule has 0 amide bonds. The fraction of sp³-hybridized carbons (Fsp3) is 0.455. The van der Waals surface area contributed by atoms with Crippen molar-refractivity contribution in [1.82, 2.24) is 0 Å². The summed E-state index contributed by atoms with van der Waals surface area (Å²) in [6, 6.07) is 4.46. The summed E-state index contributed by atoms with van der Waals surface area (Å²) in [6.45, 7) is 4.24. The Morgan fingerprint density at radius 1 is 1.53 bits per heavy atom. The smallest absolute Gasteiger partial charge is 0.312 e. The van der Waals surface area contributed by atoms with Gasteiger partial charge in [-0.1, -0.05) is 31.5 Å². The van der Waals surface area contributed by atoms with Gasteiger partial charge in [0.2, 0.25) is 5.75 Å². The monoisotopic (exact) mass is 275 g/mol. The van der Waals surface area contributed by atoms with E-state index in [1.54, 1.807) is 6.07 Å². The van der Waals surface area contributed by atoms with Crippen molar-refractivity contribution in [3.63, 3.8) is 0 Å². The first kappa shape index (κ1) is 14.1. The largest absolute Gasteiger partial charge is 0.485 e. The van der Waals surface area contributed by atoms with Crippen molar-refractivity contribution in [2.24, 2.45) is 5.41 Å². The van der Waals surface area contributed by atoms with E-state index in [4.69, 9.17) is 16.3 Å². The fourth-order valence-corrected chi connectivity index (χ4v) is 1.41. The van der Waals surface area contributed by atoms with Gasteiger partial charge in [-0.3, -0.25) is 10.1 Å². The molecule has 17 heavy (non-hydrogen) atoms. The van der Waals surface area contributed by atoms with Gasteiger partial charge >= 0.3 is 5.69 Å². The third-order valence-electron chi connectivity index (χ3n) is 2.18. The highest BCUT2D eigenvalue weighted by Gasteiger charge is 2.22. The topological polar surface area (TPSA) is 52.4 Å². The summed E-state index contributed by atoms with van der Waals surface area (Å²) >= 11 is 10.1. The van der Waals surface area contributed by atoms with Crippen molar-refractivity contribution in [3.05, 3.63) is 33.3 Å². The second kappa shape index (κ2) is 5.60. The van der Waals surface area contributed by atoms with Crippen molar-refractivity contribution < 1.29 is 9.66 Å².